The molecule has 6 atom stereocenters. The standard InChI is InChI=1S/C13H20ClN3O9S/c14-13(1-2-13)7(3-17-12(15-5-16-17)27(22,23)24)26-11-10(21)9(20)8(19)6(4-18)25-11/h5-11,18-21H,1-4H2,(H,22,23,24)/t6-,7?,8-,9+,10-,11-/m1/s1. The fraction of sp³-hybridized carbons (Fsp3) is 0.846. The normalized spacial score (nSPS) is 34.4. The highest BCUT2D eigenvalue weighted by molar-refractivity contribution is 7.85. The number of ether oxygens (including phenoxy) is 2. The van der Waals surface area contributed by atoms with Gasteiger partial charge in [0, 0.05) is 0 Å². The van der Waals surface area contributed by atoms with Gasteiger partial charge in [-0.3, -0.25) is 4.55 Å². The van der Waals surface area contributed by atoms with E-state index in [2.05, 4.69) is 10.1 Å². The lowest BCUT2D eigenvalue weighted by atomic mass is 9.99. The number of hydrogen-bond donors (Lipinski definition) is 5. The second-order valence-corrected chi connectivity index (χ2v) is 8.62. The van der Waals surface area contributed by atoms with Crippen LogP contribution in [-0.2, 0) is 26.1 Å². The molecule has 1 aliphatic heterocycles. The zero-order chi connectivity index (χ0) is 20.0. The van der Waals surface area contributed by atoms with Crippen molar-refractivity contribution in [3.63, 3.8) is 0 Å². The molecule has 14 heteroatoms. The molecule has 5 N–H and O–H groups in total. The van der Waals surface area contributed by atoms with E-state index in [1.807, 2.05) is 0 Å². The Hall–Kier alpha value is -0.900. The van der Waals surface area contributed by atoms with E-state index in [0.717, 1.165) is 11.0 Å². The fourth-order valence-electron chi connectivity index (χ4n) is 2.85. The Morgan fingerprint density at radius 3 is 2.56 bits per heavy atom. The molecule has 1 saturated heterocycles. The molecule has 3 rings (SSSR count). The molecule has 0 radical (unpaired) electrons. The summed E-state index contributed by atoms with van der Waals surface area (Å²) in [4.78, 5) is 2.58. The molecule has 1 saturated carbocycles. The average molecular weight is 430 g/mol. The molecule has 0 aromatic carbocycles. The molecule has 1 unspecified atom stereocenters. The van der Waals surface area contributed by atoms with Crippen molar-refractivity contribution in [2.45, 2.75) is 66.2 Å². The van der Waals surface area contributed by atoms with Gasteiger partial charge in [0.25, 0.3) is 5.16 Å². The number of alkyl halides is 1. The van der Waals surface area contributed by atoms with Gasteiger partial charge in [-0.2, -0.15) is 13.5 Å². The second-order valence-electron chi connectivity index (χ2n) is 6.56. The topological polar surface area (TPSA) is 184 Å². The summed E-state index contributed by atoms with van der Waals surface area (Å²) in [5.74, 6) is 0. The van der Waals surface area contributed by atoms with E-state index in [-0.39, 0.29) is 6.54 Å². The number of aliphatic hydroxyl groups excluding tert-OH is 4. The highest BCUT2D eigenvalue weighted by Crippen LogP contribution is 2.48. The SMILES string of the molecule is O=S(=O)(O)c1ncnn1CC(O[C@H]1O[C@H](CO)[C@@H](O)[C@H](O)[C@H]1O)C1(Cl)CC1. The van der Waals surface area contributed by atoms with Crippen LogP contribution in [-0.4, -0.2) is 96.5 Å². The first-order valence-corrected chi connectivity index (χ1v) is 9.89. The van der Waals surface area contributed by atoms with Crippen LogP contribution < -0.4 is 0 Å². The highest BCUT2D eigenvalue weighted by atomic mass is 35.5. The van der Waals surface area contributed by atoms with Gasteiger partial charge in [0.1, 0.15) is 30.7 Å². The zero-order valence-electron chi connectivity index (χ0n) is 13.9. The van der Waals surface area contributed by atoms with Gasteiger partial charge >= 0.3 is 10.1 Å². The van der Waals surface area contributed by atoms with Crippen molar-refractivity contribution < 1.29 is 42.9 Å². The molecular weight excluding hydrogens is 410 g/mol. The maximum atomic E-state index is 11.4. The minimum Gasteiger partial charge on any atom is -0.394 e. The van der Waals surface area contributed by atoms with E-state index in [1.165, 1.54) is 0 Å². The van der Waals surface area contributed by atoms with E-state index in [4.69, 9.17) is 21.1 Å². The number of aliphatic hydroxyl groups is 4. The molecule has 1 aromatic heterocycles. The molecule has 2 aliphatic rings. The summed E-state index contributed by atoms with van der Waals surface area (Å²) >= 11 is 6.40. The molecule has 0 amide bonds. The lowest BCUT2D eigenvalue weighted by Gasteiger charge is -2.41. The van der Waals surface area contributed by atoms with E-state index in [0.29, 0.717) is 12.8 Å². The summed E-state index contributed by atoms with van der Waals surface area (Å²) in [6, 6.07) is 0. The number of rotatable bonds is 7. The summed E-state index contributed by atoms with van der Waals surface area (Å²) in [7, 11) is -4.63. The van der Waals surface area contributed by atoms with Crippen molar-refractivity contribution in [1.29, 1.82) is 0 Å². The lowest BCUT2D eigenvalue weighted by Crippen LogP contribution is -2.60. The van der Waals surface area contributed by atoms with Gasteiger partial charge in [-0.15, -0.1) is 11.6 Å². The summed E-state index contributed by atoms with van der Waals surface area (Å²) in [6.07, 6.45) is -6.40. The molecule has 0 spiro atoms. The summed E-state index contributed by atoms with van der Waals surface area (Å²) < 4.78 is 43.8. The summed E-state index contributed by atoms with van der Waals surface area (Å²) in [6.45, 7) is -0.870. The Balaban J connectivity index is 1.80. The van der Waals surface area contributed by atoms with Crippen LogP contribution in [0.5, 0.6) is 0 Å². The summed E-state index contributed by atoms with van der Waals surface area (Å²) in [5, 5.41) is 42.1. The molecule has 0 bridgehead atoms. The molecule has 2 heterocycles. The van der Waals surface area contributed by atoms with Crippen LogP contribution in [0.1, 0.15) is 12.8 Å². The van der Waals surface area contributed by atoms with Crippen LogP contribution in [0.3, 0.4) is 0 Å². The molecule has 1 aliphatic carbocycles. The van der Waals surface area contributed by atoms with Crippen molar-refractivity contribution >= 4 is 21.7 Å². The third kappa shape index (κ3) is 4.26. The average Bonchev–Trinajstić information content (AvgIpc) is 3.16. The van der Waals surface area contributed by atoms with Gasteiger partial charge in [-0.05, 0) is 12.8 Å². The van der Waals surface area contributed by atoms with Gasteiger partial charge in [-0.25, -0.2) is 9.67 Å². The smallest absolute Gasteiger partial charge is 0.330 e. The second kappa shape index (κ2) is 7.50. The number of aromatic nitrogens is 3. The number of hydrogen-bond acceptors (Lipinski definition) is 10. The Morgan fingerprint density at radius 1 is 1.33 bits per heavy atom. The number of halogens is 1. The first-order valence-electron chi connectivity index (χ1n) is 8.07. The Morgan fingerprint density at radius 2 is 2.00 bits per heavy atom. The predicted molar refractivity (Wildman–Crippen MR) is 86.3 cm³/mol. The zero-order valence-corrected chi connectivity index (χ0v) is 15.4. The van der Waals surface area contributed by atoms with Crippen molar-refractivity contribution in [2.75, 3.05) is 6.61 Å². The van der Waals surface area contributed by atoms with Crippen molar-refractivity contribution in [3.05, 3.63) is 6.33 Å². The minimum atomic E-state index is -4.63. The fourth-order valence-corrected chi connectivity index (χ4v) is 3.63. The van der Waals surface area contributed by atoms with Crippen molar-refractivity contribution in [3.8, 4) is 0 Å². The highest BCUT2D eigenvalue weighted by Gasteiger charge is 2.53. The lowest BCUT2D eigenvalue weighted by molar-refractivity contribution is -0.313. The van der Waals surface area contributed by atoms with Gasteiger partial charge in [0.05, 0.1) is 24.1 Å². The predicted octanol–water partition coefficient (Wildman–Crippen LogP) is -2.52. The molecule has 27 heavy (non-hydrogen) atoms. The largest absolute Gasteiger partial charge is 0.394 e. The monoisotopic (exact) mass is 429 g/mol. The van der Waals surface area contributed by atoms with Crippen LogP contribution in [0.15, 0.2) is 11.5 Å². The van der Waals surface area contributed by atoms with Gasteiger partial charge in [-0.1, -0.05) is 0 Å². The molecule has 1 aromatic rings. The van der Waals surface area contributed by atoms with Crippen LogP contribution in [0.2, 0.25) is 0 Å². The Bertz CT molecular complexity index is 769. The van der Waals surface area contributed by atoms with Crippen LogP contribution in [0.4, 0.5) is 0 Å². The Kier molecular flexibility index (Phi) is 5.78. The number of nitrogens with zero attached hydrogens (tertiary/aromatic N) is 3. The molecule has 154 valence electrons. The first-order chi connectivity index (χ1) is 12.6. The van der Waals surface area contributed by atoms with Crippen LogP contribution in [0, 0.1) is 0 Å². The molecular formula is C13H20ClN3O9S. The van der Waals surface area contributed by atoms with Crippen LogP contribution in [0.25, 0.3) is 0 Å². The first kappa shape index (κ1) is 20.8. The molecule has 2 fully saturated rings. The van der Waals surface area contributed by atoms with Crippen molar-refractivity contribution in [1.82, 2.24) is 14.8 Å². The van der Waals surface area contributed by atoms with Gasteiger partial charge in [0.2, 0.25) is 0 Å². The maximum absolute atomic E-state index is 11.4. The maximum Gasteiger partial charge on any atom is 0.330 e. The third-order valence-electron chi connectivity index (χ3n) is 4.60. The van der Waals surface area contributed by atoms with E-state index in [9.17, 15) is 33.4 Å². The van der Waals surface area contributed by atoms with Crippen LogP contribution >= 0.6 is 11.6 Å². The minimum absolute atomic E-state index is 0.242. The van der Waals surface area contributed by atoms with Crippen molar-refractivity contribution in [2.24, 2.45) is 0 Å². The Labute approximate surface area is 159 Å². The third-order valence-corrected chi connectivity index (χ3v) is 6.00. The van der Waals surface area contributed by atoms with E-state index >= 15 is 0 Å². The van der Waals surface area contributed by atoms with Gasteiger partial charge in [0.15, 0.2) is 6.29 Å². The van der Waals surface area contributed by atoms with Gasteiger partial charge < -0.3 is 29.9 Å². The van der Waals surface area contributed by atoms with E-state index in [1.54, 1.807) is 0 Å². The van der Waals surface area contributed by atoms with E-state index < -0.39 is 63.6 Å². The summed E-state index contributed by atoms with van der Waals surface area (Å²) in [5.41, 5.74) is 0. The quantitative estimate of drug-likeness (QED) is 0.227. The molecule has 12 nitrogen and oxygen atoms in total.